The second-order valence-corrected chi connectivity index (χ2v) is 5.37. The molecule has 0 aromatic carbocycles. The van der Waals surface area contributed by atoms with Crippen LogP contribution in [0.5, 0.6) is 0 Å². The zero-order valence-corrected chi connectivity index (χ0v) is 13.0. The third kappa shape index (κ3) is 3.07. The van der Waals surface area contributed by atoms with Crippen molar-refractivity contribution in [2.45, 2.75) is 46.2 Å². The van der Waals surface area contributed by atoms with E-state index < -0.39 is 0 Å². The average Bonchev–Trinajstić information content (AvgIpc) is 2.95. The summed E-state index contributed by atoms with van der Waals surface area (Å²) >= 11 is 0. The molecule has 0 radical (unpaired) electrons. The van der Waals surface area contributed by atoms with Gasteiger partial charge in [-0.2, -0.15) is 10.2 Å². The highest BCUT2D eigenvalue weighted by Gasteiger charge is 2.19. The second kappa shape index (κ2) is 6.17. The zero-order valence-electron chi connectivity index (χ0n) is 13.0. The topological polar surface area (TPSA) is 60.6 Å². The first-order valence-electron chi connectivity index (χ1n) is 7.14. The maximum atomic E-state index is 4.43. The summed E-state index contributed by atoms with van der Waals surface area (Å²) in [5.41, 5.74) is 2.29. The number of nitrogens with one attached hydrogen (secondary N) is 1. The Morgan fingerprint density at radius 3 is 2.65 bits per heavy atom. The Hall–Kier alpha value is -1.69. The summed E-state index contributed by atoms with van der Waals surface area (Å²) in [7, 11) is 1.95. The summed E-state index contributed by atoms with van der Waals surface area (Å²) in [6.07, 6.45) is 4.53. The average molecular weight is 276 g/mol. The number of likely N-dealkylation sites (N-methyl/N-ethyl adjacent to an activating group) is 1. The Labute approximate surface area is 120 Å². The van der Waals surface area contributed by atoms with Crippen LogP contribution in [0.2, 0.25) is 0 Å². The quantitative estimate of drug-likeness (QED) is 0.874. The van der Waals surface area contributed by atoms with Crippen LogP contribution in [0, 0.1) is 6.92 Å². The fraction of sp³-hybridized carbons (Fsp3) is 0.643. The van der Waals surface area contributed by atoms with E-state index in [9.17, 15) is 0 Å². The van der Waals surface area contributed by atoms with E-state index in [-0.39, 0.29) is 6.04 Å². The van der Waals surface area contributed by atoms with Crippen LogP contribution in [0.3, 0.4) is 0 Å². The number of aryl methyl sites for hydroxylation is 2. The molecular weight excluding hydrogens is 252 g/mol. The minimum atomic E-state index is 0.218. The van der Waals surface area contributed by atoms with Crippen molar-refractivity contribution >= 4 is 0 Å². The standard InChI is InChI=1S/C14H24N6/c1-6-15-13(12-8-19(5)18-11(12)4)7-14-16-9-17-20(14)10(2)3/h8-10,13,15H,6-7H2,1-5H3. The van der Waals surface area contributed by atoms with Gasteiger partial charge in [-0.3, -0.25) is 4.68 Å². The first-order chi connectivity index (χ1) is 9.52. The lowest BCUT2D eigenvalue weighted by molar-refractivity contribution is 0.468. The number of nitrogens with zero attached hydrogens (tertiary/aromatic N) is 5. The van der Waals surface area contributed by atoms with E-state index in [4.69, 9.17) is 0 Å². The lowest BCUT2D eigenvalue weighted by Crippen LogP contribution is -2.25. The molecule has 0 amide bonds. The van der Waals surface area contributed by atoms with Crippen molar-refractivity contribution in [1.29, 1.82) is 0 Å². The van der Waals surface area contributed by atoms with Crippen molar-refractivity contribution in [3.63, 3.8) is 0 Å². The largest absolute Gasteiger partial charge is 0.310 e. The van der Waals surface area contributed by atoms with Gasteiger partial charge in [0.2, 0.25) is 0 Å². The number of hydrogen-bond donors (Lipinski definition) is 1. The first-order valence-corrected chi connectivity index (χ1v) is 7.14. The van der Waals surface area contributed by atoms with Gasteiger partial charge in [0.05, 0.1) is 5.69 Å². The van der Waals surface area contributed by atoms with Gasteiger partial charge in [0.1, 0.15) is 12.2 Å². The summed E-state index contributed by atoms with van der Waals surface area (Å²) < 4.78 is 3.85. The predicted molar refractivity (Wildman–Crippen MR) is 78.5 cm³/mol. The van der Waals surface area contributed by atoms with Crippen LogP contribution < -0.4 is 5.32 Å². The molecule has 2 aromatic rings. The molecule has 0 aliphatic heterocycles. The summed E-state index contributed by atoms with van der Waals surface area (Å²) in [6, 6.07) is 0.542. The molecule has 0 aliphatic carbocycles. The fourth-order valence-electron chi connectivity index (χ4n) is 2.53. The van der Waals surface area contributed by atoms with Crippen LogP contribution in [0.15, 0.2) is 12.5 Å². The Kier molecular flexibility index (Phi) is 4.54. The van der Waals surface area contributed by atoms with E-state index in [2.05, 4.69) is 47.5 Å². The normalized spacial score (nSPS) is 13.1. The van der Waals surface area contributed by atoms with Crippen LogP contribution in [-0.4, -0.2) is 31.1 Å². The first kappa shape index (κ1) is 14.7. The molecule has 2 rings (SSSR count). The maximum absolute atomic E-state index is 4.43. The summed E-state index contributed by atoms with van der Waals surface area (Å²) in [6.45, 7) is 9.32. The molecule has 0 spiro atoms. The minimum Gasteiger partial charge on any atom is -0.310 e. The molecule has 1 unspecified atom stereocenters. The minimum absolute atomic E-state index is 0.218. The van der Waals surface area contributed by atoms with E-state index in [0.29, 0.717) is 6.04 Å². The Bertz CT molecular complexity index is 554. The molecule has 2 heterocycles. The van der Waals surface area contributed by atoms with Gasteiger partial charge in [-0.1, -0.05) is 6.92 Å². The molecule has 110 valence electrons. The number of aromatic nitrogens is 5. The van der Waals surface area contributed by atoms with E-state index in [1.54, 1.807) is 6.33 Å². The Morgan fingerprint density at radius 1 is 1.35 bits per heavy atom. The molecule has 2 aromatic heterocycles. The van der Waals surface area contributed by atoms with E-state index in [1.165, 1.54) is 5.56 Å². The Morgan fingerprint density at radius 2 is 2.10 bits per heavy atom. The van der Waals surface area contributed by atoms with Crippen molar-refractivity contribution in [2.75, 3.05) is 6.54 Å². The predicted octanol–water partition coefficient (Wildman–Crippen LogP) is 1.79. The van der Waals surface area contributed by atoms with Gasteiger partial charge < -0.3 is 5.32 Å². The third-order valence-electron chi connectivity index (χ3n) is 3.40. The van der Waals surface area contributed by atoms with Gasteiger partial charge in [-0.05, 0) is 27.3 Å². The maximum Gasteiger partial charge on any atom is 0.138 e. The number of hydrogen-bond acceptors (Lipinski definition) is 4. The number of rotatable bonds is 6. The lowest BCUT2D eigenvalue weighted by atomic mass is 10.0. The second-order valence-electron chi connectivity index (χ2n) is 5.37. The van der Waals surface area contributed by atoms with Crippen molar-refractivity contribution in [1.82, 2.24) is 29.9 Å². The van der Waals surface area contributed by atoms with E-state index in [0.717, 1.165) is 24.5 Å². The van der Waals surface area contributed by atoms with E-state index in [1.807, 2.05) is 23.3 Å². The van der Waals surface area contributed by atoms with Crippen molar-refractivity contribution in [3.8, 4) is 0 Å². The molecule has 0 aliphatic rings. The van der Waals surface area contributed by atoms with Crippen LogP contribution in [0.4, 0.5) is 0 Å². The van der Waals surface area contributed by atoms with Crippen molar-refractivity contribution in [3.05, 3.63) is 29.6 Å². The van der Waals surface area contributed by atoms with Crippen LogP contribution in [0.1, 0.15) is 49.9 Å². The van der Waals surface area contributed by atoms with E-state index >= 15 is 0 Å². The summed E-state index contributed by atoms with van der Waals surface area (Å²) in [4.78, 5) is 4.41. The lowest BCUT2D eigenvalue weighted by Gasteiger charge is -2.18. The molecule has 20 heavy (non-hydrogen) atoms. The van der Waals surface area contributed by atoms with Gasteiger partial charge in [0, 0.05) is 37.3 Å². The third-order valence-corrected chi connectivity index (χ3v) is 3.40. The van der Waals surface area contributed by atoms with Gasteiger partial charge in [-0.25, -0.2) is 9.67 Å². The SMILES string of the molecule is CCNC(Cc1ncnn1C(C)C)c1cn(C)nc1C. The molecule has 0 saturated carbocycles. The molecular formula is C14H24N6. The van der Waals surface area contributed by atoms with Crippen molar-refractivity contribution in [2.24, 2.45) is 7.05 Å². The van der Waals surface area contributed by atoms with Gasteiger partial charge in [0.15, 0.2) is 0 Å². The Balaban J connectivity index is 2.25. The highest BCUT2D eigenvalue weighted by atomic mass is 15.3. The highest BCUT2D eigenvalue weighted by Crippen LogP contribution is 2.21. The zero-order chi connectivity index (χ0) is 14.7. The summed E-state index contributed by atoms with van der Waals surface area (Å²) in [5, 5.41) is 12.3. The molecule has 6 nitrogen and oxygen atoms in total. The van der Waals surface area contributed by atoms with Gasteiger partial charge in [0.25, 0.3) is 0 Å². The summed E-state index contributed by atoms with van der Waals surface area (Å²) in [5.74, 6) is 1.01. The molecule has 1 atom stereocenters. The smallest absolute Gasteiger partial charge is 0.138 e. The van der Waals surface area contributed by atoms with Crippen LogP contribution in [0.25, 0.3) is 0 Å². The fourth-order valence-corrected chi connectivity index (χ4v) is 2.53. The molecule has 0 fully saturated rings. The van der Waals surface area contributed by atoms with Gasteiger partial charge in [-0.15, -0.1) is 0 Å². The highest BCUT2D eigenvalue weighted by molar-refractivity contribution is 5.21. The van der Waals surface area contributed by atoms with Crippen LogP contribution >= 0.6 is 0 Å². The molecule has 0 bridgehead atoms. The van der Waals surface area contributed by atoms with Crippen LogP contribution in [-0.2, 0) is 13.5 Å². The molecule has 6 heteroatoms. The molecule has 1 N–H and O–H groups in total. The van der Waals surface area contributed by atoms with Gasteiger partial charge >= 0.3 is 0 Å². The molecule has 0 saturated heterocycles. The monoisotopic (exact) mass is 276 g/mol. The van der Waals surface area contributed by atoms with Crippen molar-refractivity contribution < 1.29 is 0 Å².